The van der Waals surface area contributed by atoms with Crippen molar-refractivity contribution in [2.75, 3.05) is 0 Å². The zero-order valence-corrected chi connectivity index (χ0v) is 11.0. The van der Waals surface area contributed by atoms with E-state index < -0.39 is 0 Å². The molecular weight excluding hydrogens is 232 g/mol. The molecule has 0 aliphatic heterocycles. The Morgan fingerprint density at radius 1 is 1.05 bits per heavy atom. The Morgan fingerprint density at radius 2 is 1.79 bits per heavy atom. The SMILES string of the molecule is C=CC1=CC(Oc2ccc(C=C)cc2)=CC(C=C)C1. The van der Waals surface area contributed by atoms with Crippen LogP contribution in [0.4, 0.5) is 0 Å². The van der Waals surface area contributed by atoms with Crippen LogP contribution in [0.1, 0.15) is 12.0 Å². The summed E-state index contributed by atoms with van der Waals surface area (Å²) in [7, 11) is 0. The van der Waals surface area contributed by atoms with Crippen molar-refractivity contribution in [1.29, 1.82) is 0 Å². The molecule has 1 aromatic rings. The van der Waals surface area contributed by atoms with Crippen LogP contribution in [0.2, 0.25) is 0 Å². The Labute approximate surface area is 114 Å². The topological polar surface area (TPSA) is 9.23 Å². The summed E-state index contributed by atoms with van der Waals surface area (Å²) in [6, 6.07) is 7.84. The zero-order valence-electron chi connectivity index (χ0n) is 11.0. The molecule has 96 valence electrons. The molecule has 1 aliphatic rings. The highest BCUT2D eigenvalue weighted by Gasteiger charge is 2.12. The van der Waals surface area contributed by atoms with Crippen LogP contribution in [0.15, 0.2) is 79.6 Å². The predicted octanol–water partition coefficient (Wildman–Crippen LogP) is 4.91. The average Bonchev–Trinajstić information content (AvgIpc) is 2.47. The summed E-state index contributed by atoms with van der Waals surface area (Å²) < 4.78 is 5.87. The van der Waals surface area contributed by atoms with Gasteiger partial charge in [-0.2, -0.15) is 0 Å². The van der Waals surface area contributed by atoms with E-state index in [1.54, 1.807) is 0 Å². The van der Waals surface area contributed by atoms with Crippen LogP contribution in [0, 0.1) is 5.92 Å². The Hall–Kier alpha value is -2.28. The van der Waals surface area contributed by atoms with Crippen LogP contribution in [0.3, 0.4) is 0 Å². The summed E-state index contributed by atoms with van der Waals surface area (Å²) in [5.41, 5.74) is 2.25. The van der Waals surface area contributed by atoms with Gasteiger partial charge >= 0.3 is 0 Å². The lowest BCUT2D eigenvalue weighted by Crippen LogP contribution is -2.05. The minimum atomic E-state index is 0.306. The van der Waals surface area contributed by atoms with E-state index in [0.29, 0.717) is 5.92 Å². The van der Waals surface area contributed by atoms with Crippen molar-refractivity contribution in [2.45, 2.75) is 6.42 Å². The van der Waals surface area contributed by atoms with E-state index in [4.69, 9.17) is 4.74 Å². The lowest BCUT2D eigenvalue weighted by molar-refractivity contribution is 0.433. The van der Waals surface area contributed by atoms with Crippen LogP contribution < -0.4 is 4.74 Å². The normalized spacial score (nSPS) is 18.0. The van der Waals surface area contributed by atoms with E-state index in [1.165, 1.54) is 5.57 Å². The Balaban J connectivity index is 2.18. The van der Waals surface area contributed by atoms with Gasteiger partial charge in [-0.3, -0.25) is 0 Å². The van der Waals surface area contributed by atoms with Gasteiger partial charge in [0, 0.05) is 5.92 Å². The minimum absolute atomic E-state index is 0.306. The predicted molar refractivity (Wildman–Crippen MR) is 81.8 cm³/mol. The third-order valence-corrected chi connectivity index (χ3v) is 3.09. The number of allylic oxidation sites excluding steroid dienone is 5. The van der Waals surface area contributed by atoms with Gasteiger partial charge in [0.25, 0.3) is 0 Å². The summed E-state index contributed by atoms with van der Waals surface area (Å²) in [4.78, 5) is 0. The Kier molecular flexibility index (Phi) is 4.19. The zero-order chi connectivity index (χ0) is 13.7. The maximum atomic E-state index is 5.87. The van der Waals surface area contributed by atoms with Crippen molar-refractivity contribution >= 4 is 6.08 Å². The molecule has 1 aliphatic carbocycles. The van der Waals surface area contributed by atoms with Gasteiger partial charge in [0.05, 0.1) is 0 Å². The third kappa shape index (κ3) is 3.35. The molecule has 1 atom stereocenters. The van der Waals surface area contributed by atoms with Crippen molar-refractivity contribution in [2.24, 2.45) is 5.92 Å². The minimum Gasteiger partial charge on any atom is -0.458 e. The molecule has 1 nitrogen and oxygen atoms in total. The second kappa shape index (κ2) is 6.05. The van der Waals surface area contributed by atoms with Gasteiger partial charge in [-0.05, 0) is 41.8 Å². The van der Waals surface area contributed by atoms with Gasteiger partial charge in [0.1, 0.15) is 11.5 Å². The second-order valence-electron chi connectivity index (χ2n) is 4.47. The van der Waals surface area contributed by atoms with Crippen LogP contribution in [-0.2, 0) is 0 Å². The van der Waals surface area contributed by atoms with Crippen LogP contribution in [0.5, 0.6) is 5.75 Å². The molecule has 0 bridgehead atoms. The van der Waals surface area contributed by atoms with Gasteiger partial charge in [0.2, 0.25) is 0 Å². The molecule has 2 rings (SSSR count). The lowest BCUT2D eigenvalue weighted by atomic mass is 9.93. The van der Waals surface area contributed by atoms with Crippen molar-refractivity contribution in [3.63, 3.8) is 0 Å². The van der Waals surface area contributed by atoms with Crippen LogP contribution in [-0.4, -0.2) is 0 Å². The molecule has 0 amide bonds. The molecule has 0 spiro atoms. The van der Waals surface area contributed by atoms with Crippen molar-refractivity contribution in [1.82, 2.24) is 0 Å². The van der Waals surface area contributed by atoms with E-state index in [2.05, 4.69) is 25.8 Å². The average molecular weight is 250 g/mol. The lowest BCUT2D eigenvalue weighted by Gasteiger charge is -2.17. The number of rotatable bonds is 5. The summed E-state index contributed by atoms with van der Waals surface area (Å²) in [6.45, 7) is 11.4. The van der Waals surface area contributed by atoms with E-state index in [9.17, 15) is 0 Å². The molecule has 1 aromatic carbocycles. The summed E-state index contributed by atoms with van der Waals surface area (Å²) >= 11 is 0. The largest absolute Gasteiger partial charge is 0.458 e. The number of hydrogen-bond donors (Lipinski definition) is 0. The number of hydrogen-bond acceptors (Lipinski definition) is 1. The summed E-state index contributed by atoms with van der Waals surface area (Å²) in [5.74, 6) is 1.97. The maximum Gasteiger partial charge on any atom is 0.127 e. The quantitative estimate of drug-likeness (QED) is 0.675. The first kappa shape index (κ1) is 13.2. The van der Waals surface area contributed by atoms with Gasteiger partial charge in [-0.1, -0.05) is 43.5 Å². The number of benzene rings is 1. The maximum absolute atomic E-state index is 5.87. The molecule has 0 saturated carbocycles. The molecule has 0 N–H and O–H groups in total. The molecule has 0 saturated heterocycles. The molecule has 0 radical (unpaired) electrons. The van der Waals surface area contributed by atoms with Gasteiger partial charge < -0.3 is 4.74 Å². The van der Waals surface area contributed by atoms with Crippen molar-refractivity contribution in [3.05, 3.63) is 85.2 Å². The van der Waals surface area contributed by atoms with Crippen LogP contribution >= 0.6 is 0 Å². The van der Waals surface area contributed by atoms with E-state index >= 15 is 0 Å². The highest BCUT2D eigenvalue weighted by molar-refractivity contribution is 5.48. The third-order valence-electron chi connectivity index (χ3n) is 3.09. The van der Waals surface area contributed by atoms with Gasteiger partial charge in [0.15, 0.2) is 0 Å². The second-order valence-corrected chi connectivity index (χ2v) is 4.47. The fraction of sp³-hybridized carbons (Fsp3) is 0.111. The van der Waals surface area contributed by atoms with Gasteiger partial charge in [-0.25, -0.2) is 0 Å². The Bertz CT molecular complexity index is 544. The van der Waals surface area contributed by atoms with E-state index in [-0.39, 0.29) is 0 Å². The standard InChI is InChI=1S/C18H18O/c1-4-14-7-9-17(10-8-14)19-18-12-15(5-2)11-16(6-3)13-18/h4-10,12-13,15H,1-3,11H2. The Morgan fingerprint density at radius 3 is 2.37 bits per heavy atom. The molecule has 1 unspecified atom stereocenters. The molecule has 19 heavy (non-hydrogen) atoms. The van der Waals surface area contributed by atoms with E-state index in [0.717, 1.165) is 23.5 Å². The monoisotopic (exact) mass is 250 g/mol. The summed E-state index contributed by atoms with van der Waals surface area (Å²) in [6.07, 6.45) is 10.7. The van der Waals surface area contributed by atoms with Crippen molar-refractivity contribution in [3.8, 4) is 5.75 Å². The molecule has 0 aromatic heterocycles. The van der Waals surface area contributed by atoms with E-state index in [1.807, 2.05) is 48.6 Å². The fourth-order valence-electron chi connectivity index (χ4n) is 2.00. The first-order valence-electron chi connectivity index (χ1n) is 6.33. The first-order chi connectivity index (χ1) is 9.25. The van der Waals surface area contributed by atoms with Gasteiger partial charge in [-0.15, -0.1) is 6.58 Å². The number of ether oxygens (including phenoxy) is 1. The molecular formula is C18H18O. The molecule has 0 heterocycles. The smallest absolute Gasteiger partial charge is 0.127 e. The molecule has 1 heteroatoms. The summed E-state index contributed by atoms with van der Waals surface area (Å²) in [5, 5.41) is 0. The van der Waals surface area contributed by atoms with Crippen LogP contribution in [0.25, 0.3) is 6.08 Å². The molecule has 0 fully saturated rings. The van der Waals surface area contributed by atoms with Crippen molar-refractivity contribution < 1.29 is 4.74 Å². The first-order valence-corrected chi connectivity index (χ1v) is 6.33. The fourth-order valence-corrected chi connectivity index (χ4v) is 2.00. The highest BCUT2D eigenvalue weighted by atomic mass is 16.5. The highest BCUT2D eigenvalue weighted by Crippen LogP contribution is 2.26.